The minimum atomic E-state index is -3.44. The van der Waals surface area contributed by atoms with E-state index < -0.39 is 26.3 Å². The third kappa shape index (κ3) is 3.67. The maximum absolute atomic E-state index is 11.7. The van der Waals surface area contributed by atoms with E-state index in [9.17, 15) is 13.2 Å². The smallest absolute Gasteiger partial charge is 0.324 e. The van der Waals surface area contributed by atoms with Gasteiger partial charge in [0, 0.05) is 6.61 Å². The molecule has 0 aromatic heterocycles. The molecule has 0 radical (unpaired) electrons. The van der Waals surface area contributed by atoms with Crippen LogP contribution in [0.3, 0.4) is 0 Å². The van der Waals surface area contributed by atoms with E-state index in [0.717, 1.165) is 12.8 Å². The molecule has 0 aromatic carbocycles. The van der Waals surface area contributed by atoms with Crippen molar-refractivity contribution in [3.63, 3.8) is 0 Å². The van der Waals surface area contributed by atoms with Gasteiger partial charge in [0.05, 0.1) is 11.4 Å². The zero-order valence-electron chi connectivity index (χ0n) is 10.5. The van der Waals surface area contributed by atoms with Crippen molar-refractivity contribution in [2.45, 2.75) is 50.2 Å². The van der Waals surface area contributed by atoms with Crippen molar-refractivity contribution < 1.29 is 22.7 Å². The van der Waals surface area contributed by atoms with Crippen LogP contribution in [0.15, 0.2) is 0 Å². The molecule has 0 spiro atoms. The van der Waals surface area contributed by atoms with Crippen molar-refractivity contribution in [2.24, 2.45) is 0 Å². The van der Waals surface area contributed by atoms with E-state index in [1.54, 1.807) is 13.8 Å². The van der Waals surface area contributed by atoms with Crippen LogP contribution in [0.5, 0.6) is 0 Å². The number of rotatable bonds is 5. The van der Waals surface area contributed by atoms with Gasteiger partial charge in [-0.15, -0.1) is 0 Å². The molecule has 0 amide bonds. The summed E-state index contributed by atoms with van der Waals surface area (Å²) < 4.78 is 33.7. The Hall–Kier alpha value is -0.620. The lowest BCUT2D eigenvalue weighted by atomic mass is 10.2. The van der Waals surface area contributed by atoms with Gasteiger partial charge >= 0.3 is 5.97 Å². The van der Waals surface area contributed by atoms with Gasteiger partial charge in [-0.25, -0.2) is 8.42 Å². The highest BCUT2D eigenvalue weighted by molar-refractivity contribution is 7.93. The van der Waals surface area contributed by atoms with Crippen molar-refractivity contribution >= 4 is 15.8 Å². The summed E-state index contributed by atoms with van der Waals surface area (Å²) in [5.74, 6) is -0.686. The van der Waals surface area contributed by atoms with Gasteiger partial charge < -0.3 is 9.47 Å². The van der Waals surface area contributed by atoms with Crippen LogP contribution in [0, 0.1) is 0 Å². The Balaban J connectivity index is 2.46. The average molecular weight is 264 g/mol. The maximum Gasteiger partial charge on any atom is 0.324 e. The minimum Gasteiger partial charge on any atom is -0.462 e. The lowest BCUT2D eigenvalue weighted by Gasteiger charge is -2.16. The summed E-state index contributed by atoms with van der Waals surface area (Å²) >= 11 is 0. The predicted molar refractivity (Wildman–Crippen MR) is 63.5 cm³/mol. The highest BCUT2D eigenvalue weighted by Crippen LogP contribution is 2.14. The SMILES string of the molecule is CC(C)S(=O)(=O)[C@H](C)C(=O)OC[C@@H]1CCCO1. The Kier molecular flexibility index (Phi) is 4.94. The molecule has 1 aliphatic rings. The van der Waals surface area contributed by atoms with Gasteiger partial charge in [0.1, 0.15) is 6.61 Å². The summed E-state index contributed by atoms with van der Waals surface area (Å²) in [5, 5.41) is -1.68. The molecular weight excluding hydrogens is 244 g/mol. The van der Waals surface area contributed by atoms with Crippen molar-refractivity contribution in [1.29, 1.82) is 0 Å². The first-order valence-corrected chi connectivity index (χ1v) is 7.47. The van der Waals surface area contributed by atoms with Crippen molar-refractivity contribution in [1.82, 2.24) is 0 Å². The zero-order chi connectivity index (χ0) is 13.1. The molecule has 0 N–H and O–H groups in total. The number of ether oxygens (including phenoxy) is 2. The van der Waals surface area contributed by atoms with E-state index in [4.69, 9.17) is 9.47 Å². The Morgan fingerprint density at radius 3 is 2.53 bits per heavy atom. The molecule has 0 aliphatic carbocycles. The molecule has 0 unspecified atom stereocenters. The number of carbonyl (C=O) groups is 1. The fourth-order valence-corrected chi connectivity index (χ4v) is 2.76. The molecule has 6 heteroatoms. The second-order valence-electron chi connectivity index (χ2n) is 4.55. The maximum atomic E-state index is 11.7. The average Bonchev–Trinajstić information content (AvgIpc) is 2.77. The number of hydrogen-bond acceptors (Lipinski definition) is 5. The summed E-state index contributed by atoms with van der Waals surface area (Å²) in [6.45, 7) is 5.31. The van der Waals surface area contributed by atoms with Crippen LogP contribution in [-0.4, -0.2) is 44.2 Å². The molecule has 100 valence electrons. The molecule has 1 rings (SSSR count). The summed E-state index contributed by atoms with van der Waals surface area (Å²) in [6, 6.07) is 0. The highest BCUT2D eigenvalue weighted by Gasteiger charge is 2.32. The Morgan fingerprint density at radius 2 is 2.06 bits per heavy atom. The van der Waals surface area contributed by atoms with Crippen LogP contribution >= 0.6 is 0 Å². The highest BCUT2D eigenvalue weighted by atomic mass is 32.2. The molecule has 1 aliphatic heterocycles. The molecule has 0 bridgehead atoms. The Bertz CT molecular complexity index is 354. The van der Waals surface area contributed by atoms with Crippen LogP contribution in [0.1, 0.15) is 33.6 Å². The lowest BCUT2D eigenvalue weighted by molar-refractivity contribution is -0.146. The van der Waals surface area contributed by atoms with Gasteiger partial charge in [-0.2, -0.15) is 0 Å². The van der Waals surface area contributed by atoms with E-state index in [2.05, 4.69) is 0 Å². The molecular formula is C11H20O5S. The largest absolute Gasteiger partial charge is 0.462 e. The topological polar surface area (TPSA) is 69.7 Å². The molecule has 5 nitrogen and oxygen atoms in total. The summed E-state index contributed by atoms with van der Waals surface area (Å²) in [7, 11) is -3.44. The second kappa shape index (κ2) is 5.82. The second-order valence-corrected chi connectivity index (χ2v) is 7.37. The van der Waals surface area contributed by atoms with Crippen LogP contribution in [0.2, 0.25) is 0 Å². The third-order valence-electron chi connectivity index (χ3n) is 2.92. The number of hydrogen-bond donors (Lipinski definition) is 0. The van der Waals surface area contributed by atoms with E-state index in [1.165, 1.54) is 6.92 Å². The quantitative estimate of drug-likeness (QED) is 0.691. The first kappa shape index (κ1) is 14.4. The molecule has 2 atom stereocenters. The minimum absolute atomic E-state index is 0.0760. The Morgan fingerprint density at radius 1 is 1.41 bits per heavy atom. The van der Waals surface area contributed by atoms with Crippen LogP contribution in [0.25, 0.3) is 0 Å². The normalized spacial score (nSPS) is 22.7. The molecule has 0 saturated carbocycles. The monoisotopic (exact) mass is 264 g/mol. The fraction of sp³-hybridized carbons (Fsp3) is 0.909. The van der Waals surface area contributed by atoms with Crippen molar-refractivity contribution in [2.75, 3.05) is 13.2 Å². The van der Waals surface area contributed by atoms with E-state index in [1.807, 2.05) is 0 Å². The first-order chi connectivity index (χ1) is 7.85. The summed E-state index contributed by atoms with van der Waals surface area (Å²) in [6.07, 6.45) is 1.74. The van der Waals surface area contributed by atoms with E-state index >= 15 is 0 Å². The van der Waals surface area contributed by atoms with Gasteiger partial charge in [-0.3, -0.25) is 4.79 Å². The van der Waals surface area contributed by atoms with Gasteiger partial charge in [-0.1, -0.05) is 0 Å². The number of sulfone groups is 1. The molecule has 17 heavy (non-hydrogen) atoms. The van der Waals surface area contributed by atoms with E-state index in [0.29, 0.717) is 6.61 Å². The standard InChI is InChI=1S/C11H20O5S/c1-8(2)17(13,14)9(3)11(12)16-7-10-5-4-6-15-10/h8-10H,4-7H2,1-3H3/t9-,10+/m1/s1. The first-order valence-electron chi connectivity index (χ1n) is 5.86. The van der Waals surface area contributed by atoms with Crippen molar-refractivity contribution in [3.05, 3.63) is 0 Å². The fourth-order valence-electron chi connectivity index (χ4n) is 1.61. The van der Waals surface area contributed by atoms with Gasteiger partial charge in [0.2, 0.25) is 0 Å². The molecule has 1 saturated heterocycles. The van der Waals surface area contributed by atoms with Crippen LogP contribution in [0.4, 0.5) is 0 Å². The molecule has 1 heterocycles. The zero-order valence-corrected chi connectivity index (χ0v) is 11.3. The number of esters is 1. The predicted octanol–water partition coefficient (Wildman–Crippen LogP) is 0.920. The number of carbonyl (C=O) groups excluding carboxylic acids is 1. The Labute approximate surface area is 102 Å². The van der Waals surface area contributed by atoms with E-state index in [-0.39, 0.29) is 12.7 Å². The molecule has 0 aromatic rings. The lowest BCUT2D eigenvalue weighted by Crippen LogP contribution is -2.35. The molecule has 1 fully saturated rings. The van der Waals surface area contributed by atoms with Gasteiger partial charge in [0.25, 0.3) is 0 Å². The van der Waals surface area contributed by atoms with Gasteiger partial charge in [0.15, 0.2) is 15.1 Å². The summed E-state index contributed by atoms with van der Waals surface area (Å²) in [5.41, 5.74) is 0. The van der Waals surface area contributed by atoms with Crippen LogP contribution < -0.4 is 0 Å². The summed E-state index contributed by atoms with van der Waals surface area (Å²) in [4.78, 5) is 11.6. The van der Waals surface area contributed by atoms with Crippen molar-refractivity contribution in [3.8, 4) is 0 Å². The third-order valence-corrected chi connectivity index (χ3v) is 5.41. The van der Waals surface area contributed by atoms with Crippen LogP contribution in [-0.2, 0) is 24.1 Å². The van der Waals surface area contributed by atoms with Gasteiger partial charge in [-0.05, 0) is 33.6 Å².